The smallest absolute Gasteiger partial charge is 0.311 e. The normalized spacial score (nSPS) is 26.7. The number of thioether (sulfide) groups is 1. The van der Waals surface area contributed by atoms with E-state index in [1.165, 1.54) is 0 Å². The fraction of sp³-hybridized carbons (Fsp3) is 0.472. The van der Waals surface area contributed by atoms with E-state index >= 15 is 4.79 Å². The highest BCUT2D eigenvalue weighted by Crippen LogP contribution is 2.71. The number of nitrogens with zero attached hydrogens (tertiary/aromatic N) is 5. The van der Waals surface area contributed by atoms with Gasteiger partial charge in [0, 0.05) is 11.3 Å². The van der Waals surface area contributed by atoms with Crippen LogP contribution in [-0.4, -0.2) is 89.0 Å². The molecule has 3 aromatic rings. The Labute approximate surface area is 279 Å². The van der Waals surface area contributed by atoms with E-state index in [-0.39, 0.29) is 44.2 Å². The quantitative estimate of drug-likeness (QED) is 0.145. The van der Waals surface area contributed by atoms with Crippen LogP contribution in [-0.2, 0) is 32.2 Å². The predicted molar refractivity (Wildman–Crippen MR) is 181 cm³/mol. The molecule has 47 heavy (non-hydrogen) atoms. The van der Waals surface area contributed by atoms with Crippen LogP contribution in [0, 0.1) is 11.8 Å². The number of unbranched alkanes of at least 4 members (excludes halogenated alkanes) is 2. The third kappa shape index (κ3) is 5.88. The van der Waals surface area contributed by atoms with Gasteiger partial charge >= 0.3 is 5.97 Å². The number of rotatable bonds is 15. The van der Waals surface area contributed by atoms with Crippen molar-refractivity contribution in [3.05, 3.63) is 85.5 Å². The minimum atomic E-state index is -0.909. The number of aromatic nitrogens is 3. The fourth-order valence-corrected chi connectivity index (χ4v) is 10.2. The number of aliphatic hydroxyl groups excluding tert-OH is 1. The van der Waals surface area contributed by atoms with Crippen molar-refractivity contribution in [2.24, 2.45) is 11.8 Å². The minimum Gasteiger partial charge on any atom is -0.465 e. The van der Waals surface area contributed by atoms with Gasteiger partial charge in [-0.1, -0.05) is 59.8 Å². The second-order valence-electron chi connectivity index (χ2n) is 13.0. The van der Waals surface area contributed by atoms with E-state index in [4.69, 9.17) is 4.74 Å². The van der Waals surface area contributed by atoms with Crippen molar-refractivity contribution in [3.8, 4) is 0 Å². The van der Waals surface area contributed by atoms with Crippen molar-refractivity contribution in [3.63, 3.8) is 0 Å². The molecule has 3 aliphatic heterocycles. The van der Waals surface area contributed by atoms with E-state index in [2.05, 4.69) is 23.5 Å². The molecule has 2 bridgehead atoms. The first-order valence-corrected chi connectivity index (χ1v) is 17.2. The molecule has 3 aliphatic rings. The molecular weight excluding hydrogens is 614 g/mol. The monoisotopic (exact) mass is 657 g/mol. The first-order chi connectivity index (χ1) is 22.8. The van der Waals surface area contributed by atoms with Gasteiger partial charge in [0.25, 0.3) is 0 Å². The topological polar surface area (TPSA) is 118 Å². The Morgan fingerprint density at radius 2 is 1.89 bits per heavy atom. The molecule has 1 spiro atoms. The van der Waals surface area contributed by atoms with Crippen molar-refractivity contribution in [2.45, 2.75) is 73.7 Å². The molecule has 3 fully saturated rings. The molecule has 1 N–H and O–H groups in total. The summed E-state index contributed by atoms with van der Waals surface area (Å²) in [5, 5.41) is 19.4. The van der Waals surface area contributed by atoms with Gasteiger partial charge in [-0.15, -0.1) is 30.0 Å². The number of hydrogen-bond donors (Lipinski definition) is 1. The molecule has 248 valence electrons. The number of fused-ring (bicyclic) bond motifs is 2. The minimum absolute atomic E-state index is 0.102. The Morgan fingerprint density at radius 1 is 1.13 bits per heavy atom. The van der Waals surface area contributed by atoms with Crippen LogP contribution < -0.4 is 0 Å². The summed E-state index contributed by atoms with van der Waals surface area (Å²) in [7, 11) is 0. The summed E-state index contributed by atoms with van der Waals surface area (Å²) in [6.45, 7) is 9.96. The Hall–Kier alpha value is -3.96. The van der Waals surface area contributed by atoms with Gasteiger partial charge in [-0.25, -0.2) is 4.68 Å². The molecule has 0 aliphatic carbocycles. The number of hydrogen-bond acceptors (Lipinski definition) is 8. The first kappa shape index (κ1) is 33.0. The van der Waals surface area contributed by atoms with Crippen LogP contribution in [0.5, 0.6) is 0 Å². The van der Waals surface area contributed by atoms with Crippen molar-refractivity contribution in [1.82, 2.24) is 24.8 Å². The van der Waals surface area contributed by atoms with Crippen molar-refractivity contribution >= 4 is 40.6 Å². The molecule has 10 nitrogen and oxygen atoms in total. The lowest BCUT2D eigenvalue weighted by Gasteiger charge is -2.39. The second kappa shape index (κ2) is 13.6. The molecule has 2 amide bonds. The SMILES string of the molecule is C=CCCCCOC(=O)[C@@H]1[C@H]2C(=O)N([C@@H](CO)Cc3ccccc3)C(C(=O)N(CC=C)Cn3nnc4ccccc43)C23CC[C@@]1(C)S3. The summed E-state index contributed by atoms with van der Waals surface area (Å²) < 4.78 is 6.08. The third-order valence-corrected chi connectivity index (χ3v) is 12.0. The number of carbonyl (C=O) groups excluding carboxylic acids is 3. The van der Waals surface area contributed by atoms with Gasteiger partial charge in [0.2, 0.25) is 11.8 Å². The highest BCUT2D eigenvalue weighted by Gasteiger charge is 2.78. The molecule has 6 rings (SSSR count). The van der Waals surface area contributed by atoms with Gasteiger partial charge in [0.15, 0.2) is 0 Å². The van der Waals surface area contributed by atoms with Crippen LogP contribution in [0.4, 0.5) is 0 Å². The van der Waals surface area contributed by atoms with E-state index in [0.717, 1.165) is 23.9 Å². The lowest BCUT2D eigenvalue weighted by molar-refractivity contribution is -0.156. The van der Waals surface area contributed by atoms with Gasteiger partial charge < -0.3 is 19.6 Å². The molecule has 1 aromatic heterocycles. The summed E-state index contributed by atoms with van der Waals surface area (Å²) in [6, 6.07) is 15.6. The summed E-state index contributed by atoms with van der Waals surface area (Å²) in [5.41, 5.74) is 2.43. The zero-order valence-corrected chi connectivity index (χ0v) is 27.7. The van der Waals surface area contributed by atoms with Crippen LogP contribution >= 0.6 is 11.8 Å². The maximum Gasteiger partial charge on any atom is 0.311 e. The number of ether oxygens (including phenoxy) is 1. The van der Waals surface area contributed by atoms with Gasteiger partial charge in [0.1, 0.15) is 18.2 Å². The zero-order valence-electron chi connectivity index (χ0n) is 26.9. The molecule has 2 aromatic carbocycles. The van der Waals surface area contributed by atoms with E-state index < -0.39 is 33.4 Å². The standard InChI is InChI=1S/C36H43N5O5S/c1-4-6-7-13-21-46-34(45)30-29-32(43)41(26(23-42)22-25-14-9-8-10-15-25)31(36(29)19-18-35(30,3)47-36)33(44)39(20-5-2)24-40-28-17-12-11-16-27(28)37-38-40/h4-5,8-12,14-17,26,29-31,42H,1-2,6-7,13,18-24H2,3H3/t26-,29+,30+,31?,35-,36?/m1/s1. The number of para-hydroxylation sites is 1. The summed E-state index contributed by atoms with van der Waals surface area (Å²) in [4.78, 5) is 46.9. The average Bonchev–Trinajstić information content (AvgIpc) is 3.79. The van der Waals surface area contributed by atoms with Crippen molar-refractivity contribution in [2.75, 3.05) is 19.8 Å². The maximum absolute atomic E-state index is 15.0. The highest BCUT2D eigenvalue weighted by molar-refractivity contribution is 8.02. The van der Waals surface area contributed by atoms with Gasteiger partial charge in [0.05, 0.1) is 41.4 Å². The van der Waals surface area contributed by atoms with Crippen LogP contribution in [0.3, 0.4) is 0 Å². The molecule has 3 saturated heterocycles. The maximum atomic E-state index is 15.0. The van der Waals surface area contributed by atoms with Gasteiger partial charge in [-0.2, -0.15) is 0 Å². The van der Waals surface area contributed by atoms with Crippen LogP contribution in [0.1, 0.15) is 44.6 Å². The Kier molecular flexibility index (Phi) is 9.57. The summed E-state index contributed by atoms with van der Waals surface area (Å²) in [5.74, 6) is -2.36. The molecule has 0 saturated carbocycles. The molecule has 4 heterocycles. The van der Waals surface area contributed by atoms with E-state index in [0.29, 0.717) is 31.2 Å². The number of carbonyl (C=O) groups is 3. The Morgan fingerprint density at radius 3 is 2.64 bits per heavy atom. The highest BCUT2D eigenvalue weighted by atomic mass is 32.2. The molecule has 2 unspecified atom stereocenters. The largest absolute Gasteiger partial charge is 0.465 e. The third-order valence-electron chi connectivity index (χ3n) is 10.1. The van der Waals surface area contributed by atoms with Crippen LogP contribution in [0.2, 0.25) is 0 Å². The van der Waals surface area contributed by atoms with E-state index in [9.17, 15) is 14.7 Å². The van der Waals surface area contributed by atoms with Gasteiger partial charge in [-0.3, -0.25) is 14.4 Å². The lowest BCUT2D eigenvalue weighted by Crippen LogP contribution is -2.58. The molecule has 0 radical (unpaired) electrons. The van der Waals surface area contributed by atoms with E-state index in [1.54, 1.807) is 32.3 Å². The Balaban J connectivity index is 1.38. The van der Waals surface area contributed by atoms with Crippen molar-refractivity contribution in [1.29, 1.82) is 0 Å². The zero-order chi connectivity index (χ0) is 33.2. The summed E-state index contributed by atoms with van der Waals surface area (Å²) in [6.07, 6.45) is 7.55. The van der Waals surface area contributed by atoms with Gasteiger partial charge in [-0.05, 0) is 63.1 Å². The second-order valence-corrected chi connectivity index (χ2v) is 14.9. The number of amides is 2. The number of likely N-dealkylation sites (tertiary alicyclic amines) is 1. The molecule has 11 heteroatoms. The number of aliphatic hydroxyl groups is 1. The predicted octanol–water partition coefficient (Wildman–Crippen LogP) is 4.39. The van der Waals surface area contributed by atoms with E-state index in [1.807, 2.05) is 67.6 Å². The van der Waals surface area contributed by atoms with Crippen molar-refractivity contribution < 1.29 is 24.2 Å². The van der Waals surface area contributed by atoms with Crippen LogP contribution in [0.25, 0.3) is 11.0 Å². The van der Waals surface area contributed by atoms with Crippen LogP contribution in [0.15, 0.2) is 79.9 Å². The average molecular weight is 658 g/mol. The fourth-order valence-electron chi connectivity index (χ4n) is 7.91. The number of benzene rings is 2. The molecule has 6 atom stereocenters. The Bertz CT molecular complexity index is 1650. The lowest BCUT2D eigenvalue weighted by atomic mass is 9.66. The number of allylic oxidation sites excluding steroid dienone is 1. The number of esters is 1. The first-order valence-electron chi connectivity index (χ1n) is 16.4. The molecular formula is C36H43N5O5S. The summed E-state index contributed by atoms with van der Waals surface area (Å²) >= 11 is 1.59.